The summed E-state index contributed by atoms with van der Waals surface area (Å²) < 4.78 is 5.64. The minimum atomic E-state index is 0.646. The summed E-state index contributed by atoms with van der Waals surface area (Å²) in [5.74, 6) is 0.789. The number of halogens is 2. The number of benzene rings is 2. The van der Waals surface area contributed by atoms with Crippen molar-refractivity contribution in [2.75, 3.05) is 0 Å². The monoisotopic (exact) mass is 309 g/mol. The van der Waals surface area contributed by atoms with E-state index in [9.17, 15) is 0 Å². The minimum absolute atomic E-state index is 0.646. The molecule has 3 rings (SSSR count). The average Bonchev–Trinajstić information content (AvgIpc) is 2.80. The van der Waals surface area contributed by atoms with Gasteiger partial charge in [0.05, 0.1) is 0 Å². The van der Waals surface area contributed by atoms with Crippen LogP contribution in [-0.4, -0.2) is 4.98 Å². The summed E-state index contributed by atoms with van der Waals surface area (Å²) in [7, 11) is 0. The smallest absolute Gasteiger partial charge is 0.257 e. The largest absolute Gasteiger partial charge is 0.431 e. The van der Waals surface area contributed by atoms with Gasteiger partial charge in [-0.3, -0.25) is 0 Å². The van der Waals surface area contributed by atoms with E-state index in [0.717, 1.165) is 16.3 Å². The Balaban J connectivity index is 1.76. The number of hydrogen-bond donors (Lipinski definition) is 0. The first kappa shape index (κ1) is 12.9. The Morgan fingerprint density at radius 3 is 2.53 bits per heavy atom. The standard InChI is InChI=1S/C14H9Cl2NOS/c15-10-3-1-9(2-4-10)8-19-14-17-12-6-5-11(16)7-13(12)18-14/h1-7H,8H2. The van der Waals surface area contributed by atoms with Crippen LogP contribution in [0, 0.1) is 0 Å². The molecule has 0 unspecified atom stereocenters. The lowest BCUT2D eigenvalue weighted by Gasteiger charge is -1.98. The Morgan fingerprint density at radius 1 is 1.00 bits per heavy atom. The van der Waals surface area contributed by atoms with Crippen molar-refractivity contribution in [3.63, 3.8) is 0 Å². The molecule has 2 aromatic carbocycles. The molecule has 0 saturated heterocycles. The normalized spacial score (nSPS) is 11.1. The molecule has 2 nitrogen and oxygen atoms in total. The molecule has 0 spiro atoms. The zero-order valence-corrected chi connectivity index (χ0v) is 12.1. The van der Waals surface area contributed by atoms with Gasteiger partial charge in [0.2, 0.25) is 0 Å². The molecule has 1 heterocycles. The molecule has 19 heavy (non-hydrogen) atoms. The van der Waals surface area contributed by atoms with Crippen LogP contribution in [0.1, 0.15) is 5.56 Å². The molecule has 0 aliphatic heterocycles. The van der Waals surface area contributed by atoms with E-state index in [-0.39, 0.29) is 0 Å². The fourth-order valence-corrected chi connectivity index (χ4v) is 2.75. The highest BCUT2D eigenvalue weighted by molar-refractivity contribution is 7.98. The summed E-state index contributed by atoms with van der Waals surface area (Å²) in [6.45, 7) is 0. The summed E-state index contributed by atoms with van der Waals surface area (Å²) in [5, 5.41) is 2.04. The second-order valence-corrected chi connectivity index (χ2v) is 5.81. The Morgan fingerprint density at radius 2 is 1.74 bits per heavy atom. The molecule has 0 amide bonds. The van der Waals surface area contributed by atoms with Crippen LogP contribution >= 0.6 is 35.0 Å². The van der Waals surface area contributed by atoms with E-state index < -0.39 is 0 Å². The summed E-state index contributed by atoms with van der Waals surface area (Å²) in [4.78, 5) is 4.40. The Kier molecular flexibility index (Phi) is 3.69. The van der Waals surface area contributed by atoms with Gasteiger partial charge in [0, 0.05) is 21.9 Å². The number of nitrogens with zero attached hydrogens (tertiary/aromatic N) is 1. The second kappa shape index (κ2) is 5.45. The molecule has 0 aliphatic rings. The number of rotatable bonds is 3. The van der Waals surface area contributed by atoms with Crippen molar-refractivity contribution >= 4 is 46.1 Å². The van der Waals surface area contributed by atoms with E-state index in [2.05, 4.69) is 4.98 Å². The lowest BCUT2D eigenvalue weighted by Crippen LogP contribution is -1.79. The highest BCUT2D eigenvalue weighted by Gasteiger charge is 2.07. The highest BCUT2D eigenvalue weighted by atomic mass is 35.5. The lowest BCUT2D eigenvalue weighted by atomic mass is 10.2. The first-order chi connectivity index (χ1) is 9.20. The molecular formula is C14H9Cl2NOS. The van der Waals surface area contributed by atoms with Crippen LogP contribution in [0.15, 0.2) is 52.1 Å². The topological polar surface area (TPSA) is 26.0 Å². The van der Waals surface area contributed by atoms with Crippen molar-refractivity contribution in [2.24, 2.45) is 0 Å². The lowest BCUT2D eigenvalue weighted by molar-refractivity contribution is 0.489. The van der Waals surface area contributed by atoms with Crippen molar-refractivity contribution in [1.82, 2.24) is 4.98 Å². The molecular weight excluding hydrogens is 301 g/mol. The SMILES string of the molecule is Clc1ccc(CSc2nc3ccc(Cl)cc3o2)cc1. The quantitative estimate of drug-likeness (QED) is 0.604. The first-order valence-corrected chi connectivity index (χ1v) is 7.38. The molecule has 0 N–H and O–H groups in total. The third kappa shape index (κ3) is 3.06. The third-order valence-electron chi connectivity index (χ3n) is 2.61. The maximum atomic E-state index is 5.91. The van der Waals surface area contributed by atoms with Crippen LogP contribution in [0.5, 0.6) is 0 Å². The van der Waals surface area contributed by atoms with Crippen LogP contribution in [0.25, 0.3) is 11.1 Å². The van der Waals surface area contributed by atoms with E-state index in [1.807, 2.05) is 30.3 Å². The van der Waals surface area contributed by atoms with Gasteiger partial charge in [0.1, 0.15) is 5.52 Å². The van der Waals surface area contributed by atoms with Crippen LogP contribution in [0.4, 0.5) is 0 Å². The van der Waals surface area contributed by atoms with Gasteiger partial charge in [-0.2, -0.15) is 0 Å². The van der Waals surface area contributed by atoms with Gasteiger partial charge in [-0.25, -0.2) is 4.98 Å². The Hall–Kier alpha value is -1.16. The molecule has 3 aromatic rings. The van der Waals surface area contributed by atoms with Gasteiger partial charge < -0.3 is 4.42 Å². The van der Waals surface area contributed by atoms with Crippen LogP contribution < -0.4 is 0 Å². The number of hydrogen-bond acceptors (Lipinski definition) is 3. The van der Waals surface area contributed by atoms with Crippen molar-refractivity contribution in [3.05, 3.63) is 58.1 Å². The zero-order valence-electron chi connectivity index (χ0n) is 9.77. The number of oxazole rings is 1. The zero-order chi connectivity index (χ0) is 13.2. The average molecular weight is 310 g/mol. The molecule has 96 valence electrons. The summed E-state index contributed by atoms with van der Waals surface area (Å²) in [5.41, 5.74) is 2.71. The molecule has 0 atom stereocenters. The van der Waals surface area contributed by atoms with E-state index in [4.69, 9.17) is 27.6 Å². The van der Waals surface area contributed by atoms with Crippen molar-refractivity contribution in [1.29, 1.82) is 0 Å². The van der Waals surface area contributed by atoms with E-state index in [1.54, 1.807) is 23.9 Å². The highest BCUT2D eigenvalue weighted by Crippen LogP contribution is 2.28. The van der Waals surface area contributed by atoms with E-state index in [0.29, 0.717) is 15.8 Å². The minimum Gasteiger partial charge on any atom is -0.431 e. The van der Waals surface area contributed by atoms with E-state index >= 15 is 0 Å². The third-order valence-corrected chi connectivity index (χ3v) is 3.99. The molecule has 0 radical (unpaired) electrons. The maximum Gasteiger partial charge on any atom is 0.257 e. The Labute approximate surface area is 124 Å². The fourth-order valence-electron chi connectivity index (χ4n) is 1.66. The van der Waals surface area contributed by atoms with Crippen molar-refractivity contribution < 1.29 is 4.42 Å². The molecule has 5 heteroatoms. The Bertz CT molecular complexity index is 709. The van der Waals surface area contributed by atoms with Crippen LogP contribution in [0.2, 0.25) is 10.0 Å². The van der Waals surface area contributed by atoms with Crippen LogP contribution in [0.3, 0.4) is 0 Å². The van der Waals surface area contributed by atoms with Crippen molar-refractivity contribution in [2.45, 2.75) is 11.0 Å². The van der Waals surface area contributed by atoms with Crippen molar-refractivity contribution in [3.8, 4) is 0 Å². The molecule has 0 saturated carbocycles. The number of thioether (sulfide) groups is 1. The summed E-state index contributed by atoms with van der Waals surface area (Å²) >= 11 is 13.3. The van der Waals surface area contributed by atoms with E-state index in [1.165, 1.54) is 5.56 Å². The first-order valence-electron chi connectivity index (χ1n) is 5.64. The predicted octanol–water partition coefficient (Wildman–Crippen LogP) is 5.43. The summed E-state index contributed by atoms with van der Waals surface area (Å²) in [6, 6.07) is 13.2. The van der Waals surface area contributed by atoms with Gasteiger partial charge in [0.15, 0.2) is 5.58 Å². The maximum absolute atomic E-state index is 5.91. The molecule has 0 fully saturated rings. The summed E-state index contributed by atoms with van der Waals surface area (Å²) in [6.07, 6.45) is 0. The predicted molar refractivity (Wildman–Crippen MR) is 80.0 cm³/mol. The second-order valence-electron chi connectivity index (χ2n) is 4.01. The van der Waals surface area contributed by atoms with Crippen LogP contribution in [-0.2, 0) is 5.75 Å². The molecule has 0 bridgehead atoms. The number of aromatic nitrogens is 1. The number of fused-ring (bicyclic) bond motifs is 1. The van der Waals surface area contributed by atoms with Gasteiger partial charge in [-0.15, -0.1) is 0 Å². The fraction of sp³-hybridized carbons (Fsp3) is 0.0714. The van der Waals surface area contributed by atoms with Gasteiger partial charge in [0.25, 0.3) is 5.22 Å². The molecule has 0 aliphatic carbocycles. The van der Waals surface area contributed by atoms with Gasteiger partial charge in [-0.05, 0) is 29.8 Å². The van der Waals surface area contributed by atoms with Gasteiger partial charge in [-0.1, -0.05) is 47.1 Å². The van der Waals surface area contributed by atoms with Gasteiger partial charge >= 0.3 is 0 Å². The molecule has 1 aromatic heterocycles.